The molecular formula is C23H25N3. The average Bonchev–Trinajstić information content (AvgIpc) is 2.68. The Hall–Kier alpha value is -2.65. The lowest BCUT2D eigenvalue weighted by molar-refractivity contribution is 0.358. The number of aliphatic imine (C=N–C) groups is 1. The minimum atomic E-state index is 0.979. The van der Waals surface area contributed by atoms with E-state index in [9.17, 15) is 0 Å². The summed E-state index contributed by atoms with van der Waals surface area (Å²) < 4.78 is 0. The minimum Gasteiger partial charge on any atom is -0.354 e. The Morgan fingerprint density at radius 2 is 1.50 bits per heavy atom. The zero-order valence-electron chi connectivity index (χ0n) is 15.5. The molecule has 1 fully saturated rings. The molecule has 0 aliphatic carbocycles. The summed E-state index contributed by atoms with van der Waals surface area (Å²) in [6.45, 7) is 8.24. The van der Waals surface area contributed by atoms with Gasteiger partial charge in [-0.1, -0.05) is 60.7 Å². The summed E-state index contributed by atoms with van der Waals surface area (Å²) in [5, 5.41) is 5.97. The number of amidine groups is 1. The number of para-hydroxylation sites is 1. The number of rotatable bonds is 2. The highest BCUT2D eigenvalue weighted by Gasteiger charge is 2.19. The summed E-state index contributed by atoms with van der Waals surface area (Å²) in [5.41, 5.74) is 4.75. The quantitative estimate of drug-likeness (QED) is 0.550. The number of nitrogens with zero attached hydrogens (tertiary/aromatic N) is 2. The van der Waals surface area contributed by atoms with Crippen molar-refractivity contribution in [2.24, 2.45) is 4.99 Å². The van der Waals surface area contributed by atoms with E-state index in [0.29, 0.717) is 0 Å². The average molecular weight is 343 g/mol. The van der Waals surface area contributed by atoms with Crippen LogP contribution in [0.5, 0.6) is 0 Å². The Kier molecular flexibility index (Phi) is 4.72. The lowest BCUT2D eigenvalue weighted by atomic mass is 10.0. The number of benzene rings is 3. The topological polar surface area (TPSA) is 27.6 Å². The van der Waals surface area contributed by atoms with Gasteiger partial charge in [-0.05, 0) is 35.7 Å². The van der Waals surface area contributed by atoms with Crippen molar-refractivity contribution >= 4 is 22.3 Å². The Bertz CT molecular complexity index is 927. The Morgan fingerprint density at radius 1 is 0.846 bits per heavy atom. The van der Waals surface area contributed by atoms with Crippen LogP contribution in [0.2, 0.25) is 0 Å². The van der Waals surface area contributed by atoms with Crippen molar-refractivity contribution in [2.45, 2.75) is 13.8 Å². The number of piperazine rings is 1. The number of hydrogen-bond acceptors (Lipinski definition) is 2. The van der Waals surface area contributed by atoms with Crippen LogP contribution in [0.3, 0.4) is 0 Å². The molecule has 3 nitrogen and oxygen atoms in total. The zero-order valence-corrected chi connectivity index (χ0v) is 15.5. The number of hydrogen-bond donors (Lipinski definition) is 1. The van der Waals surface area contributed by atoms with E-state index in [2.05, 4.69) is 84.7 Å². The zero-order chi connectivity index (χ0) is 17.9. The van der Waals surface area contributed by atoms with Crippen LogP contribution >= 0.6 is 0 Å². The van der Waals surface area contributed by atoms with Gasteiger partial charge < -0.3 is 10.2 Å². The van der Waals surface area contributed by atoms with E-state index >= 15 is 0 Å². The summed E-state index contributed by atoms with van der Waals surface area (Å²) in [5.74, 6) is 1.08. The first-order valence-corrected chi connectivity index (χ1v) is 9.33. The first-order chi connectivity index (χ1) is 12.7. The van der Waals surface area contributed by atoms with E-state index in [1.54, 1.807) is 0 Å². The molecule has 1 aliphatic heterocycles. The molecule has 132 valence electrons. The molecule has 0 atom stereocenters. The van der Waals surface area contributed by atoms with E-state index in [1.807, 2.05) is 0 Å². The molecular weight excluding hydrogens is 318 g/mol. The molecule has 0 aromatic heterocycles. The number of fused-ring (bicyclic) bond motifs is 1. The Labute approximate surface area is 155 Å². The van der Waals surface area contributed by atoms with Crippen LogP contribution < -0.4 is 5.32 Å². The predicted molar refractivity (Wildman–Crippen MR) is 111 cm³/mol. The van der Waals surface area contributed by atoms with Gasteiger partial charge in [0.05, 0.1) is 5.69 Å². The highest BCUT2D eigenvalue weighted by molar-refractivity contribution is 6.10. The summed E-state index contributed by atoms with van der Waals surface area (Å²) >= 11 is 0. The maximum Gasteiger partial charge on any atom is 0.137 e. The minimum absolute atomic E-state index is 0.979. The third-order valence-electron chi connectivity index (χ3n) is 5.10. The summed E-state index contributed by atoms with van der Waals surface area (Å²) in [6.07, 6.45) is 0. The Balaban J connectivity index is 1.92. The maximum atomic E-state index is 5.22. The van der Waals surface area contributed by atoms with Crippen molar-refractivity contribution < 1.29 is 0 Å². The van der Waals surface area contributed by atoms with Gasteiger partial charge in [-0.3, -0.25) is 0 Å². The molecule has 0 spiro atoms. The summed E-state index contributed by atoms with van der Waals surface area (Å²) in [7, 11) is 0. The normalized spacial score (nSPS) is 15.5. The molecule has 1 aliphatic rings. The number of nitrogens with one attached hydrogen (secondary N) is 1. The van der Waals surface area contributed by atoms with Crippen LogP contribution in [0.15, 0.2) is 65.7 Å². The van der Waals surface area contributed by atoms with Gasteiger partial charge in [-0.15, -0.1) is 0 Å². The molecule has 0 bridgehead atoms. The SMILES string of the molecule is Cc1cccc(C)c1N=C(c1cccc2ccccc12)N1CCNCC1. The van der Waals surface area contributed by atoms with Crippen LogP contribution in [0, 0.1) is 13.8 Å². The molecule has 0 unspecified atom stereocenters. The molecule has 1 saturated heterocycles. The molecule has 26 heavy (non-hydrogen) atoms. The van der Waals surface area contributed by atoms with E-state index in [0.717, 1.165) is 37.7 Å². The van der Waals surface area contributed by atoms with Crippen molar-refractivity contribution in [2.75, 3.05) is 26.2 Å². The smallest absolute Gasteiger partial charge is 0.137 e. The molecule has 3 aromatic rings. The fraction of sp³-hybridized carbons (Fsp3) is 0.261. The van der Waals surface area contributed by atoms with Crippen LogP contribution in [0.25, 0.3) is 10.8 Å². The molecule has 0 amide bonds. The molecule has 3 aromatic carbocycles. The van der Waals surface area contributed by atoms with Crippen molar-refractivity contribution in [3.8, 4) is 0 Å². The maximum absolute atomic E-state index is 5.22. The number of aryl methyl sites for hydroxylation is 2. The van der Waals surface area contributed by atoms with Gasteiger partial charge in [0, 0.05) is 31.7 Å². The van der Waals surface area contributed by atoms with E-state index in [1.165, 1.54) is 27.5 Å². The van der Waals surface area contributed by atoms with Gasteiger partial charge in [0.25, 0.3) is 0 Å². The lowest BCUT2D eigenvalue weighted by Gasteiger charge is -2.31. The second-order valence-corrected chi connectivity index (χ2v) is 6.94. The van der Waals surface area contributed by atoms with E-state index < -0.39 is 0 Å². The second kappa shape index (κ2) is 7.30. The summed E-state index contributed by atoms with van der Waals surface area (Å²) in [6, 6.07) is 21.5. The molecule has 1 N–H and O–H groups in total. The third kappa shape index (κ3) is 3.23. The predicted octanol–water partition coefficient (Wildman–Crippen LogP) is 4.44. The third-order valence-corrected chi connectivity index (χ3v) is 5.10. The fourth-order valence-electron chi connectivity index (χ4n) is 3.69. The van der Waals surface area contributed by atoms with Crippen LogP contribution in [0.1, 0.15) is 16.7 Å². The van der Waals surface area contributed by atoms with Crippen LogP contribution in [-0.4, -0.2) is 36.9 Å². The van der Waals surface area contributed by atoms with Crippen molar-refractivity contribution in [3.63, 3.8) is 0 Å². The molecule has 1 heterocycles. The first kappa shape index (κ1) is 16.8. The van der Waals surface area contributed by atoms with Crippen molar-refractivity contribution in [1.29, 1.82) is 0 Å². The largest absolute Gasteiger partial charge is 0.354 e. The van der Waals surface area contributed by atoms with Gasteiger partial charge in [-0.25, -0.2) is 4.99 Å². The fourth-order valence-corrected chi connectivity index (χ4v) is 3.69. The standard InChI is InChI=1S/C23H25N3/c1-17-7-5-8-18(2)22(17)25-23(26-15-13-24-14-16-26)21-12-6-10-19-9-3-4-11-20(19)21/h3-12,24H,13-16H2,1-2H3. The van der Waals surface area contributed by atoms with Crippen molar-refractivity contribution in [1.82, 2.24) is 10.2 Å². The lowest BCUT2D eigenvalue weighted by Crippen LogP contribution is -2.46. The molecule has 4 rings (SSSR count). The first-order valence-electron chi connectivity index (χ1n) is 9.33. The van der Waals surface area contributed by atoms with Gasteiger partial charge in [0.15, 0.2) is 0 Å². The van der Waals surface area contributed by atoms with Gasteiger partial charge in [-0.2, -0.15) is 0 Å². The van der Waals surface area contributed by atoms with Crippen molar-refractivity contribution in [3.05, 3.63) is 77.4 Å². The Morgan fingerprint density at radius 3 is 2.27 bits per heavy atom. The second-order valence-electron chi connectivity index (χ2n) is 6.94. The van der Waals surface area contributed by atoms with Gasteiger partial charge >= 0.3 is 0 Å². The van der Waals surface area contributed by atoms with E-state index in [-0.39, 0.29) is 0 Å². The highest BCUT2D eigenvalue weighted by atomic mass is 15.2. The molecule has 3 heteroatoms. The molecule has 0 saturated carbocycles. The molecule has 0 radical (unpaired) electrons. The van der Waals surface area contributed by atoms with Gasteiger partial charge in [0.1, 0.15) is 5.84 Å². The monoisotopic (exact) mass is 343 g/mol. The summed E-state index contributed by atoms with van der Waals surface area (Å²) in [4.78, 5) is 7.64. The van der Waals surface area contributed by atoms with Gasteiger partial charge in [0.2, 0.25) is 0 Å². The highest BCUT2D eigenvalue weighted by Crippen LogP contribution is 2.27. The van der Waals surface area contributed by atoms with E-state index in [4.69, 9.17) is 4.99 Å². The van der Waals surface area contributed by atoms with Crippen LogP contribution in [-0.2, 0) is 0 Å². The van der Waals surface area contributed by atoms with Crippen LogP contribution in [0.4, 0.5) is 5.69 Å².